The standard InChI is InChI=1S/C28H28FO2P/c1-19(30)25-18-24(29)12-13-26(25)32-27-17-22(14-20-8-4-2-5-9-20)16-23(28(27)31)15-21-10-6-3-7-11-21/h2-8,10,12-13,16-18,20-21,31-32H,9,11,14-15H2,1H3. The third-order valence-corrected chi connectivity index (χ3v) is 7.35. The lowest BCUT2D eigenvalue weighted by molar-refractivity contribution is 0.101. The predicted molar refractivity (Wildman–Crippen MR) is 132 cm³/mol. The monoisotopic (exact) mass is 446 g/mol. The summed E-state index contributed by atoms with van der Waals surface area (Å²) in [6.07, 6.45) is 20.7. The van der Waals surface area contributed by atoms with Crippen LogP contribution < -0.4 is 10.6 Å². The van der Waals surface area contributed by atoms with Gasteiger partial charge in [0, 0.05) is 10.9 Å². The van der Waals surface area contributed by atoms with E-state index in [1.807, 2.05) is 0 Å². The van der Waals surface area contributed by atoms with Crippen molar-refractivity contribution in [2.24, 2.45) is 11.8 Å². The maximum atomic E-state index is 13.8. The fourth-order valence-electron chi connectivity index (χ4n) is 4.34. The second-order valence-corrected chi connectivity index (χ2v) is 9.88. The molecule has 2 aromatic carbocycles. The third kappa shape index (κ3) is 5.53. The lowest BCUT2D eigenvalue weighted by Crippen LogP contribution is -2.15. The molecule has 0 spiro atoms. The van der Waals surface area contributed by atoms with E-state index in [0.29, 0.717) is 23.1 Å². The first-order valence-electron chi connectivity index (χ1n) is 11.1. The number of benzene rings is 2. The van der Waals surface area contributed by atoms with Crippen LogP contribution >= 0.6 is 8.58 Å². The largest absolute Gasteiger partial charge is 0.507 e. The number of phenolic OH excluding ortho intramolecular Hbond substituents is 1. The minimum atomic E-state index is -0.420. The van der Waals surface area contributed by atoms with E-state index in [4.69, 9.17) is 0 Å². The van der Waals surface area contributed by atoms with Gasteiger partial charge in [-0.2, -0.15) is 0 Å². The molecule has 0 aliphatic heterocycles. The van der Waals surface area contributed by atoms with E-state index in [2.05, 4.69) is 60.7 Å². The highest BCUT2D eigenvalue weighted by molar-refractivity contribution is 7.56. The van der Waals surface area contributed by atoms with E-state index < -0.39 is 5.82 Å². The topological polar surface area (TPSA) is 37.3 Å². The van der Waals surface area contributed by atoms with Crippen LogP contribution in [0.5, 0.6) is 5.75 Å². The summed E-state index contributed by atoms with van der Waals surface area (Å²) in [6.45, 7) is 1.45. The number of hydrogen-bond acceptors (Lipinski definition) is 2. The number of carbonyl (C=O) groups is 1. The number of Topliss-reactive ketones (excluding diaryl/α,β-unsaturated/α-hetero) is 1. The fourth-order valence-corrected chi connectivity index (χ4v) is 5.72. The first-order valence-corrected chi connectivity index (χ1v) is 12.1. The zero-order valence-corrected chi connectivity index (χ0v) is 19.2. The SMILES string of the molecule is CC(=O)c1cc(F)ccc1Pc1cc(CC2C=CC=CC2)cc(CC2C=CC=CC2)c1O. The van der Waals surface area contributed by atoms with Crippen LogP contribution in [0.15, 0.2) is 78.9 Å². The molecule has 0 fully saturated rings. The van der Waals surface area contributed by atoms with Gasteiger partial charge in [0.25, 0.3) is 0 Å². The summed E-state index contributed by atoms with van der Waals surface area (Å²) in [5.41, 5.74) is 2.51. The van der Waals surface area contributed by atoms with Crippen molar-refractivity contribution in [2.75, 3.05) is 0 Å². The number of carbonyl (C=O) groups excluding carboxylic acids is 1. The molecule has 0 aromatic heterocycles. The van der Waals surface area contributed by atoms with Gasteiger partial charge in [-0.3, -0.25) is 4.79 Å². The van der Waals surface area contributed by atoms with E-state index in [9.17, 15) is 14.3 Å². The van der Waals surface area contributed by atoms with Crippen LogP contribution in [0.1, 0.15) is 41.3 Å². The predicted octanol–water partition coefficient (Wildman–Crippen LogP) is 5.71. The van der Waals surface area contributed by atoms with Crippen LogP contribution in [0.3, 0.4) is 0 Å². The number of phenols is 1. The second kappa shape index (κ2) is 10.2. The Morgan fingerprint density at radius 1 is 0.969 bits per heavy atom. The molecule has 32 heavy (non-hydrogen) atoms. The van der Waals surface area contributed by atoms with Crippen molar-refractivity contribution < 1.29 is 14.3 Å². The Hall–Kier alpha value is -2.77. The van der Waals surface area contributed by atoms with Gasteiger partial charge in [-0.1, -0.05) is 69.3 Å². The van der Waals surface area contributed by atoms with Gasteiger partial charge >= 0.3 is 0 Å². The molecule has 3 atom stereocenters. The molecule has 164 valence electrons. The number of hydrogen-bond donors (Lipinski definition) is 1. The summed E-state index contributed by atoms with van der Waals surface area (Å²) in [5.74, 6) is 0.504. The number of allylic oxidation sites excluding steroid dienone is 8. The summed E-state index contributed by atoms with van der Waals surface area (Å²) < 4.78 is 13.8. The highest BCUT2D eigenvalue weighted by Crippen LogP contribution is 2.30. The summed E-state index contributed by atoms with van der Waals surface area (Å²) in [7, 11) is 0.0792. The molecule has 0 saturated carbocycles. The second-order valence-electron chi connectivity index (χ2n) is 8.55. The summed E-state index contributed by atoms with van der Waals surface area (Å²) in [5, 5.41) is 12.8. The summed E-state index contributed by atoms with van der Waals surface area (Å²) in [6, 6.07) is 8.55. The van der Waals surface area contributed by atoms with Gasteiger partial charge in [0.1, 0.15) is 11.6 Å². The van der Waals surface area contributed by atoms with Crippen molar-refractivity contribution in [3.63, 3.8) is 0 Å². The molecule has 0 radical (unpaired) electrons. The van der Waals surface area contributed by atoms with Crippen LogP contribution in [0.25, 0.3) is 0 Å². The quantitative estimate of drug-likeness (QED) is 0.437. The van der Waals surface area contributed by atoms with Crippen molar-refractivity contribution >= 4 is 25.0 Å². The van der Waals surface area contributed by atoms with Crippen LogP contribution in [0, 0.1) is 17.7 Å². The molecule has 3 unspecified atom stereocenters. The van der Waals surface area contributed by atoms with Crippen molar-refractivity contribution in [2.45, 2.75) is 32.6 Å². The number of aromatic hydroxyl groups is 1. The molecule has 4 heteroatoms. The Morgan fingerprint density at radius 2 is 1.66 bits per heavy atom. The number of ketones is 1. The Morgan fingerprint density at radius 3 is 2.28 bits per heavy atom. The smallest absolute Gasteiger partial charge is 0.160 e. The molecular formula is C28H28FO2P. The van der Waals surface area contributed by atoms with E-state index in [1.165, 1.54) is 24.6 Å². The molecule has 2 aromatic rings. The minimum Gasteiger partial charge on any atom is -0.507 e. The van der Waals surface area contributed by atoms with Crippen LogP contribution in [-0.2, 0) is 12.8 Å². The zero-order chi connectivity index (χ0) is 22.5. The highest BCUT2D eigenvalue weighted by Gasteiger charge is 2.18. The molecule has 0 bridgehead atoms. The molecule has 2 aliphatic carbocycles. The average Bonchev–Trinajstić information content (AvgIpc) is 2.79. The van der Waals surface area contributed by atoms with Gasteiger partial charge < -0.3 is 5.11 Å². The maximum absolute atomic E-state index is 13.8. The van der Waals surface area contributed by atoms with Crippen molar-refractivity contribution in [1.82, 2.24) is 0 Å². The molecule has 0 saturated heterocycles. The Kier molecular flexibility index (Phi) is 7.17. The maximum Gasteiger partial charge on any atom is 0.160 e. The molecule has 2 nitrogen and oxygen atoms in total. The van der Waals surface area contributed by atoms with Gasteiger partial charge in [-0.05, 0) is 79.1 Å². The first-order chi connectivity index (χ1) is 15.5. The Balaban J connectivity index is 1.69. The van der Waals surface area contributed by atoms with Crippen LogP contribution in [0.4, 0.5) is 4.39 Å². The number of rotatable bonds is 7. The molecule has 0 heterocycles. The van der Waals surface area contributed by atoms with E-state index in [1.54, 1.807) is 6.07 Å². The number of halogens is 1. The van der Waals surface area contributed by atoms with Crippen molar-refractivity contribution in [3.05, 3.63) is 101 Å². The molecule has 2 aliphatic rings. The Labute approximate surface area is 191 Å². The molecule has 0 amide bonds. The van der Waals surface area contributed by atoms with E-state index in [0.717, 1.165) is 41.9 Å². The molecule has 1 N–H and O–H groups in total. The first kappa shape index (κ1) is 22.4. The third-order valence-electron chi connectivity index (χ3n) is 6.00. The average molecular weight is 447 g/mol. The van der Waals surface area contributed by atoms with Crippen LogP contribution in [0.2, 0.25) is 0 Å². The molecular weight excluding hydrogens is 418 g/mol. The molecule has 4 rings (SSSR count). The highest BCUT2D eigenvalue weighted by atomic mass is 31.1. The lowest BCUT2D eigenvalue weighted by Gasteiger charge is -2.20. The van der Waals surface area contributed by atoms with Gasteiger partial charge in [-0.25, -0.2) is 4.39 Å². The summed E-state index contributed by atoms with van der Waals surface area (Å²) in [4.78, 5) is 12.1. The fraction of sp³-hybridized carbons (Fsp3) is 0.250. The van der Waals surface area contributed by atoms with Gasteiger partial charge in [0.15, 0.2) is 5.78 Å². The normalized spacial score (nSPS) is 19.8. The van der Waals surface area contributed by atoms with Gasteiger partial charge in [0.2, 0.25) is 0 Å². The van der Waals surface area contributed by atoms with E-state index >= 15 is 0 Å². The van der Waals surface area contributed by atoms with Crippen LogP contribution in [-0.4, -0.2) is 10.9 Å². The summed E-state index contributed by atoms with van der Waals surface area (Å²) >= 11 is 0. The minimum absolute atomic E-state index is 0.0792. The van der Waals surface area contributed by atoms with Crippen molar-refractivity contribution in [1.29, 1.82) is 0 Å². The zero-order valence-electron chi connectivity index (χ0n) is 18.2. The lowest BCUT2D eigenvalue weighted by atomic mass is 9.89. The van der Waals surface area contributed by atoms with Gasteiger partial charge in [0.05, 0.1) is 0 Å². The Bertz CT molecular complexity index is 1130. The van der Waals surface area contributed by atoms with Crippen molar-refractivity contribution in [3.8, 4) is 5.75 Å². The van der Waals surface area contributed by atoms with E-state index in [-0.39, 0.29) is 14.4 Å². The van der Waals surface area contributed by atoms with Gasteiger partial charge in [-0.15, -0.1) is 0 Å².